The van der Waals surface area contributed by atoms with Crippen LogP contribution in [0, 0.1) is 5.82 Å². The van der Waals surface area contributed by atoms with Gasteiger partial charge in [0, 0.05) is 31.7 Å². The Morgan fingerprint density at radius 3 is 2.68 bits per heavy atom. The van der Waals surface area contributed by atoms with Crippen molar-refractivity contribution >= 4 is 5.69 Å². The summed E-state index contributed by atoms with van der Waals surface area (Å²) in [4.78, 5) is 6.18. The predicted octanol–water partition coefficient (Wildman–Crippen LogP) is 1.51. The zero-order valence-electron chi connectivity index (χ0n) is 12.6. The van der Waals surface area contributed by atoms with Crippen LogP contribution in [0.2, 0.25) is 0 Å². The first-order valence-electron chi connectivity index (χ1n) is 7.27. The molecule has 7 heteroatoms. The predicted molar refractivity (Wildman–Crippen MR) is 80.0 cm³/mol. The van der Waals surface area contributed by atoms with Crippen LogP contribution in [-0.2, 0) is 5.60 Å². The Kier molecular flexibility index (Phi) is 3.84. The summed E-state index contributed by atoms with van der Waals surface area (Å²) in [5, 5.41) is 17.0. The van der Waals surface area contributed by atoms with Crippen LogP contribution >= 0.6 is 0 Å². The van der Waals surface area contributed by atoms with Gasteiger partial charge in [0.05, 0.1) is 5.69 Å². The molecule has 118 valence electrons. The molecule has 3 rings (SSSR count). The number of anilines is 1. The summed E-state index contributed by atoms with van der Waals surface area (Å²) in [6.07, 6.45) is 0. The zero-order chi connectivity index (χ0) is 15.7. The van der Waals surface area contributed by atoms with Gasteiger partial charge in [0.15, 0.2) is 0 Å². The normalized spacial score (nSPS) is 16.1. The Morgan fingerprint density at radius 2 is 2.05 bits per heavy atom. The van der Waals surface area contributed by atoms with Crippen LogP contribution in [0.25, 0.3) is 11.4 Å². The number of nitrogens with one attached hydrogen (secondary N) is 1. The average Bonchev–Trinajstić information content (AvgIpc) is 2.99. The number of hydrogen-bond acceptors (Lipinski definition) is 6. The average molecular weight is 306 g/mol. The number of aromatic nitrogens is 2. The van der Waals surface area contributed by atoms with Crippen LogP contribution < -0.4 is 10.2 Å². The van der Waals surface area contributed by atoms with Gasteiger partial charge in [-0.1, -0.05) is 5.16 Å². The molecule has 0 spiro atoms. The van der Waals surface area contributed by atoms with E-state index < -0.39 is 5.60 Å². The summed E-state index contributed by atoms with van der Waals surface area (Å²) < 4.78 is 19.2. The molecule has 1 fully saturated rings. The van der Waals surface area contributed by atoms with E-state index in [-0.39, 0.29) is 11.7 Å². The molecule has 2 aromatic rings. The first kappa shape index (κ1) is 14.9. The molecule has 1 aromatic carbocycles. The van der Waals surface area contributed by atoms with Crippen molar-refractivity contribution in [2.45, 2.75) is 19.4 Å². The largest absolute Gasteiger partial charge is 0.381 e. The van der Waals surface area contributed by atoms with Crippen molar-refractivity contribution in [3.63, 3.8) is 0 Å². The lowest BCUT2D eigenvalue weighted by Crippen LogP contribution is -2.43. The summed E-state index contributed by atoms with van der Waals surface area (Å²) in [7, 11) is 0. The first-order chi connectivity index (χ1) is 10.4. The molecule has 22 heavy (non-hydrogen) atoms. The Hall–Kier alpha value is -1.99. The molecule has 2 heterocycles. The van der Waals surface area contributed by atoms with Gasteiger partial charge in [-0.15, -0.1) is 0 Å². The van der Waals surface area contributed by atoms with Crippen molar-refractivity contribution in [3.05, 3.63) is 29.9 Å². The Balaban J connectivity index is 1.93. The van der Waals surface area contributed by atoms with Crippen molar-refractivity contribution in [2.75, 3.05) is 31.1 Å². The monoisotopic (exact) mass is 306 g/mol. The fourth-order valence-electron chi connectivity index (χ4n) is 2.39. The van der Waals surface area contributed by atoms with Gasteiger partial charge in [-0.2, -0.15) is 4.98 Å². The van der Waals surface area contributed by atoms with Gasteiger partial charge in [-0.05, 0) is 32.0 Å². The molecule has 1 aromatic heterocycles. The molecule has 0 aliphatic carbocycles. The topological polar surface area (TPSA) is 74.4 Å². The van der Waals surface area contributed by atoms with E-state index in [1.807, 2.05) is 4.90 Å². The third kappa shape index (κ3) is 2.95. The van der Waals surface area contributed by atoms with Gasteiger partial charge < -0.3 is 19.8 Å². The van der Waals surface area contributed by atoms with E-state index in [2.05, 4.69) is 15.5 Å². The van der Waals surface area contributed by atoms with Crippen LogP contribution in [0.1, 0.15) is 19.7 Å². The van der Waals surface area contributed by atoms with Crippen molar-refractivity contribution in [2.24, 2.45) is 0 Å². The standard InChI is InChI=1S/C15H19FN4O2/c1-15(2,21)14-18-13(19-22-14)10-3-4-11(16)12(9-10)20-7-5-17-6-8-20/h3-4,9,17,21H,5-8H2,1-2H3. The van der Waals surface area contributed by atoms with E-state index >= 15 is 0 Å². The highest BCUT2D eigenvalue weighted by Crippen LogP contribution is 2.27. The summed E-state index contributed by atoms with van der Waals surface area (Å²) >= 11 is 0. The number of nitrogens with zero attached hydrogens (tertiary/aromatic N) is 3. The van der Waals surface area contributed by atoms with Crippen molar-refractivity contribution in [1.82, 2.24) is 15.5 Å². The minimum absolute atomic E-state index is 0.135. The Morgan fingerprint density at radius 1 is 1.32 bits per heavy atom. The van der Waals surface area contributed by atoms with E-state index in [9.17, 15) is 9.50 Å². The van der Waals surface area contributed by atoms with Gasteiger partial charge in [0.25, 0.3) is 5.89 Å². The van der Waals surface area contributed by atoms with E-state index in [1.165, 1.54) is 6.07 Å². The van der Waals surface area contributed by atoms with Crippen LogP contribution in [0.3, 0.4) is 0 Å². The fraction of sp³-hybridized carbons (Fsp3) is 0.467. The molecule has 6 nitrogen and oxygen atoms in total. The van der Waals surface area contributed by atoms with E-state index in [4.69, 9.17) is 4.52 Å². The van der Waals surface area contributed by atoms with Crippen molar-refractivity contribution < 1.29 is 14.0 Å². The molecule has 0 amide bonds. The number of aliphatic hydroxyl groups is 1. The van der Waals surface area contributed by atoms with Gasteiger partial charge in [0.2, 0.25) is 5.82 Å². The molecule has 0 atom stereocenters. The van der Waals surface area contributed by atoms with Gasteiger partial charge >= 0.3 is 0 Å². The maximum atomic E-state index is 14.1. The molecule has 2 N–H and O–H groups in total. The molecule has 1 aliphatic heterocycles. The highest BCUT2D eigenvalue weighted by Gasteiger charge is 2.25. The van der Waals surface area contributed by atoms with Crippen LogP contribution in [0.5, 0.6) is 0 Å². The summed E-state index contributed by atoms with van der Waals surface area (Å²) in [5.74, 6) is 0.209. The molecule has 0 unspecified atom stereocenters. The maximum absolute atomic E-state index is 14.1. The molecular formula is C15H19FN4O2. The van der Waals surface area contributed by atoms with Gasteiger partial charge in [-0.3, -0.25) is 0 Å². The SMILES string of the molecule is CC(C)(O)c1nc(-c2ccc(F)c(N3CCNCC3)c2)no1. The second-order valence-corrected chi connectivity index (χ2v) is 5.89. The Labute approximate surface area is 127 Å². The van der Waals surface area contributed by atoms with Gasteiger partial charge in [-0.25, -0.2) is 4.39 Å². The molecule has 0 bridgehead atoms. The molecule has 0 saturated carbocycles. The molecule has 1 aliphatic rings. The number of piperazine rings is 1. The highest BCUT2D eigenvalue weighted by molar-refractivity contribution is 5.63. The molecular weight excluding hydrogens is 287 g/mol. The van der Waals surface area contributed by atoms with Gasteiger partial charge in [0.1, 0.15) is 11.4 Å². The van der Waals surface area contributed by atoms with Crippen LogP contribution in [-0.4, -0.2) is 41.4 Å². The minimum Gasteiger partial charge on any atom is -0.381 e. The smallest absolute Gasteiger partial charge is 0.258 e. The number of halogens is 1. The minimum atomic E-state index is -1.20. The maximum Gasteiger partial charge on any atom is 0.258 e. The van der Waals surface area contributed by atoms with E-state index in [0.717, 1.165) is 26.2 Å². The van der Waals surface area contributed by atoms with Crippen molar-refractivity contribution in [1.29, 1.82) is 0 Å². The van der Waals surface area contributed by atoms with E-state index in [1.54, 1.807) is 26.0 Å². The number of benzene rings is 1. The number of rotatable bonds is 3. The third-order valence-electron chi connectivity index (χ3n) is 3.61. The lowest BCUT2D eigenvalue weighted by Gasteiger charge is -2.29. The third-order valence-corrected chi connectivity index (χ3v) is 3.61. The second kappa shape index (κ2) is 5.66. The van der Waals surface area contributed by atoms with Crippen molar-refractivity contribution in [3.8, 4) is 11.4 Å². The fourth-order valence-corrected chi connectivity index (χ4v) is 2.39. The zero-order valence-corrected chi connectivity index (χ0v) is 12.6. The van der Waals surface area contributed by atoms with Crippen LogP contribution in [0.15, 0.2) is 22.7 Å². The molecule has 0 radical (unpaired) electrons. The lowest BCUT2D eigenvalue weighted by molar-refractivity contribution is 0.0420. The molecule has 1 saturated heterocycles. The quantitative estimate of drug-likeness (QED) is 0.895. The second-order valence-electron chi connectivity index (χ2n) is 5.89. The first-order valence-corrected chi connectivity index (χ1v) is 7.27. The summed E-state index contributed by atoms with van der Waals surface area (Å²) in [6, 6.07) is 4.74. The van der Waals surface area contributed by atoms with Crippen LogP contribution in [0.4, 0.5) is 10.1 Å². The Bertz CT molecular complexity index is 660. The van der Waals surface area contributed by atoms with E-state index in [0.29, 0.717) is 17.1 Å². The number of hydrogen-bond donors (Lipinski definition) is 2. The highest BCUT2D eigenvalue weighted by atomic mass is 19.1. The summed E-state index contributed by atoms with van der Waals surface area (Å²) in [6.45, 7) is 6.30. The lowest BCUT2D eigenvalue weighted by atomic mass is 10.1. The summed E-state index contributed by atoms with van der Waals surface area (Å²) in [5.41, 5.74) is -0.00471.